The van der Waals surface area contributed by atoms with Gasteiger partial charge in [-0.1, -0.05) is 13.8 Å². The molecule has 1 fully saturated rings. The number of aliphatic hydroxyl groups is 1. The Morgan fingerprint density at radius 3 is 2.61 bits per heavy atom. The molecular weight excluding hydrogens is 228 g/mol. The van der Waals surface area contributed by atoms with Crippen molar-refractivity contribution in [3.05, 3.63) is 18.1 Å². The molecule has 0 bridgehead atoms. The van der Waals surface area contributed by atoms with Crippen LogP contribution < -0.4 is 4.90 Å². The quantitative estimate of drug-likeness (QED) is 0.854. The summed E-state index contributed by atoms with van der Waals surface area (Å²) in [5.41, 5.74) is 0.815. The van der Waals surface area contributed by atoms with E-state index >= 15 is 0 Å². The minimum Gasteiger partial charge on any atom is -0.391 e. The molecule has 0 aromatic carbocycles. The third-order valence-electron chi connectivity index (χ3n) is 3.23. The van der Waals surface area contributed by atoms with Gasteiger partial charge in [-0.15, -0.1) is 0 Å². The van der Waals surface area contributed by atoms with Crippen LogP contribution in [-0.2, 0) is 6.61 Å². The highest BCUT2D eigenvalue weighted by Crippen LogP contribution is 2.18. The Bertz CT molecular complexity index is 375. The van der Waals surface area contributed by atoms with Crippen molar-refractivity contribution < 1.29 is 5.11 Å². The topological polar surface area (TPSA) is 52.5 Å². The van der Waals surface area contributed by atoms with Crippen LogP contribution >= 0.6 is 0 Å². The molecule has 2 rings (SSSR count). The predicted molar refractivity (Wildman–Crippen MR) is 71.4 cm³/mol. The zero-order valence-electron chi connectivity index (χ0n) is 11.2. The van der Waals surface area contributed by atoms with Crippen LogP contribution in [0.15, 0.2) is 12.5 Å². The minimum atomic E-state index is 0.00236. The molecule has 2 heterocycles. The Balaban J connectivity index is 1.97. The van der Waals surface area contributed by atoms with Crippen LogP contribution in [0.3, 0.4) is 0 Å². The van der Waals surface area contributed by atoms with E-state index in [-0.39, 0.29) is 6.61 Å². The molecule has 1 aromatic rings. The maximum atomic E-state index is 9.30. The Labute approximate surface area is 108 Å². The summed E-state index contributed by atoms with van der Waals surface area (Å²) in [6, 6.07) is 0. The molecule has 0 amide bonds. The molecule has 0 atom stereocenters. The van der Waals surface area contributed by atoms with Gasteiger partial charge in [-0.05, 0) is 5.92 Å². The van der Waals surface area contributed by atoms with Crippen molar-refractivity contribution in [3.8, 4) is 0 Å². The van der Waals surface area contributed by atoms with E-state index in [1.165, 1.54) is 0 Å². The fourth-order valence-corrected chi connectivity index (χ4v) is 2.41. The molecule has 0 radical (unpaired) electrons. The number of rotatable bonds is 4. The summed E-state index contributed by atoms with van der Waals surface area (Å²) in [4.78, 5) is 13.0. The molecule has 100 valence electrons. The third kappa shape index (κ3) is 3.17. The summed E-state index contributed by atoms with van der Waals surface area (Å²) in [5.74, 6) is 1.60. The largest absolute Gasteiger partial charge is 0.391 e. The first-order chi connectivity index (χ1) is 8.70. The molecule has 5 heteroatoms. The Morgan fingerprint density at radius 2 is 2.00 bits per heavy atom. The van der Waals surface area contributed by atoms with E-state index in [2.05, 4.69) is 33.6 Å². The van der Waals surface area contributed by atoms with Gasteiger partial charge in [0.1, 0.15) is 12.1 Å². The summed E-state index contributed by atoms with van der Waals surface area (Å²) in [7, 11) is 0. The number of hydrogen-bond donors (Lipinski definition) is 1. The highest BCUT2D eigenvalue weighted by Gasteiger charge is 2.20. The fraction of sp³-hybridized carbons (Fsp3) is 0.692. The highest BCUT2D eigenvalue weighted by molar-refractivity contribution is 5.45. The van der Waals surface area contributed by atoms with E-state index in [0.717, 1.165) is 44.1 Å². The van der Waals surface area contributed by atoms with E-state index in [9.17, 15) is 5.11 Å². The molecule has 1 aliphatic heterocycles. The van der Waals surface area contributed by atoms with Crippen molar-refractivity contribution in [1.82, 2.24) is 14.9 Å². The van der Waals surface area contributed by atoms with Gasteiger partial charge in [0.15, 0.2) is 0 Å². The minimum absolute atomic E-state index is 0.00236. The summed E-state index contributed by atoms with van der Waals surface area (Å²) in [6.07, 6.45) is 3.25. The maximum Gasteiger partial charge on any atom is 0.137 e. The van der Waals surface area contributed by atoms with E-state index < -0.39 is 0 Å². The molecule has 0 unspecified atom stereocenters. The van der Waals surface area contributed by atoms with Gasteiger partial charge in [0.25, 0.3) is 0 Å². The van der Waals surface area contributed by atoms with Crippen LogP contribution in [0.25, 0.3) is 0 Å². The van der Waals surface area contributed by atoms with Gasteiger partial charge in [-0.2, -0.15) is 0 Å². The lowest BCUT2D eigenvalue weighted by molar-refractivity contribution is 0.230. The second-order valence-corrected chi connectivity index (χ2v) is 5.21. The van der Waals surface area contributed by atoms with Crippen molar-refractivity contribution in [3.63, 3.8) is 0 Å². The second kappa shape index (κ2) is 6.11. The number of aromatic nitrogens is 2. The lowest BCUT2D eigenvalue weighted by Crippen LogP contribution is -2.48. The van der Waals surface area contributed by atoms with Crippen molar-refractivity contribution in [1.29, 1.82) is 0 Å². The van der Waals surface area contributed by atoms with Gasteiger partial charge in [0, 0.05) is 44.5 Å². The zero-order valence-corrected chi connectivity index (χ0v) is 11.2. The summed E-state index contributed by atoms with van der Waals surface area (Å²) >= 11 is 0. The van der Waals surface area contributed by atoms with Crippen molar-refractivity contribution in [2.24, 2.45) is 5.92 Å². The number of anilines is 1. The molecular formula is C13H22N4O. The van der Waals surface area contributed by atoms with E-state index in [0.29, 0.717) is 5.92 Å². The lowest BCUT2D eigenvalue weighted by Gasteiger charge is -2.36. The van der Waals surface area contributed by atoms with Crippen molar-refractivity contribution >= 4 is 5.82 Å². The zero-order chi connectivity index (χ0) is 13.0. The number of nitrogens with zero attached hydrogens (tertiary/aromatic N) is 4. The van der Waals surface area contributed by atoms with E-state index in [4.69, 9.17) is 0 Å². The first kappa shape index (κ1) is 13.2. The molecule has 18 heavy (non-hydrogen) atoms. The number of hydrogen-bond acceptors (Lipinski definition) is 5. The van der Waals surface area contributed by atoms with Gasteiger partial charge < -0.3 is 10.0 Å². The molecule has 0 saturated carbocycles. The van der Waals surface area contributed by atoms with Crippen molar-refractivity contribution in [2.75, 3.05) is 37.6 Å². The van der Waals surface area contributed by atoms with Gasteiger partial charge >= 0.3 is 0 Å². The summed E-state index contributed by atoms with van der Waals surface area (Å²) in [5, 5.41) is 9.30. The van der Waals surface area contributed by atoms with Crippen LogP contribution in [0.4, 0.5) is 5.82 Å². The third-order valence-corrected chi connectivity index (χ3v) is 3.23. The maximum absolute atomic E-state index is 9.30. The molecule has 0 spiro atoms. The highest BCUT2D eigenvalue weighted by atomic mass is 16.3. The van der Waals surface area contributed by atoms with E-state index in [1.54, 1.807) is 12.5 Å². The fourth-order valence-electron chi connectivity index (χ4n) is 2.41. The van der Waals surface area contributed by atoms with Crippen LogP contribution in [0.5, 0.6) is 0 Å². The summed E-state index contributed by atoms with van der Waals surface area (Å²) in [6.45, 7) is 9.72. The average molecular weight is 250 g/mol. The normalized spacial score (nSPS) is 17.4. The lowest BCUT2D eigenvalue weighted by atomic mass is 10.2. The SMILES string of the molecule is CC(C)CN1CCN(c2ncncc2CO)CC1. The first-order valence-corrected chi connectivity index (χ1v) is 6.57. The van der Waals surface area contributed by atoms with E-state index in [1.807, 2.05) is 0 Å². The van der Waals surface area contributed by atoms with Crippen LogP contribution in [0.2, 0.25) is 0 Å². The van der Waals surface area contributed by atoms with Crippen LogP contribution in [0, 0.1) is 5.92 Å². The monoisotopic (exact) mass is 250 g/mol. The van der Waals surface area contributed by atoms with Gasteiger partial charge in [-0.25, -0.2) is 9.97 Å². The smallest absolute Gasteiger partial charge is 0.137 e. The van der Waals surface area contributed by atoms with Crippen molar-refractivity contribution in [2.45, 2.75) is 20.5 Å². The number of aliphatic hydroxyl groups excluding tert-OH is 1. The molecule has 1 aromatic heterocycles. The predicted octanol–water partition coefficient (Wildman–Crippen LogP) is 0.747. The van der Waals surface area contributed by atoms with Gasteiger partial charge in [-0.3, -0.25) is 4.90 Å². The molecule has 0 aliphatic carbocycles. The Kier molecular flexibility index (Phi) is 4.49. The van der Waals surface area contributed by atoms with Crippen LogP contribution in [0.1, 0.15) is 19.4 Å². The second-order valence-electron chi connectivity index (χ2n) is 5.21. The molecule has 5 nitrogen and oxygen atoms in total. The summed E-state index contributed by atoms with van der Waals surface area (Å²) < 4.78 is 0. The first-order valence-electron chi connectivity index (χ1n) is 6.57. The Hall–Kier alpha value is -1.20. The molecule has 1 saturated heterocycles. The molecule has 1 N–H and O–H groups in total. The Morgan fingerprint density at radius 1 is 1.28 bits per heavy atom. The van der Waals surface area contributed by atoms with Crippen LogP contribution in [-0.4, -0.2) is 52.7 Å². The van der Waals surface area contributed by atoms with Gasteiger partial charge in [0.05, 0.1) is 6.61 Å². The number of piperazine rings is 1. The van der Waals surface area contributed by atoms with Gasteiger partial charge in [0.2, 0.25) is 0 Å². The standard InChI is InChI=1S/C13H22N4O/c1-11(2)8-16-3-5-17(6-4-16)13-12(9-18)7-14-10-15-13/h7,10-11,18H,3-6,8-9H2,1-2H3. The average Bonchev–Trinajstić information content (AvgIpc) is 2.39. The molecule has 1 aliphatic rings.